The van der Waals surface area contributed by atoms with Gasteiger partial charge in [-0.25, -0.2) is 0 Å². The molecule has 0 aliphatic heterocycles. The van der Waals surface area contributed by atoms with Crippen LogP contribution in [-0.4, -0.2) is 30.4 Å². The number of amides is 1. The van der Waals surface area contributed by atoms with Crippen molar-refractivity contribution in [2.45, 2.75) is 18.9 Å². The molecule has 14 heavy (non-hydrogen) atoms. The average molecular weight is 203 g/mol. The molecular weight excluding hydrogens is 192 g/mol. The normalized spacial score (nSPS) is 11.8. The minimum atomic E-state index is -1.40. The lowest BCUT2D eigenvalue weighted by Gasteiger charge is -2.09. The highest BCUT2D eigenvalue weighted by molar-refractivity contribution is 5.81. The topological polar surface area (TPSA) is 137 Å². The van der Waals surface area contributed by atoms with Gasteiger partial charge in [-0.1, -0.05) is 0 Å². The summed E-state index contributed by atoms with van der Waals surface area (Å²) in [5, 5.41) is 22.1. The first-order valence-electron chi connectivity index (χ1n) is 3.94. The van der Waals surface area contributed by atoms with Crippen molar-refractivity contribution in [1.82, 2.24) is 5.32 Å². The lowest BCUT2D eigenvalue weighted by Crippen LogP contribution is -2.68. The number of hydrogen-bond donors (Lipinski definition) is 2. The second-order valence-corrected chi connectivity index (χ2v) is 2.70. The smallest absolute Gasteiger partial charge is 0.220 e. The molecule has 0 rings (SSSR count). The second kappa shape index (κ2) is 5.92. The molecule has 0 radical (unpaired) electrons. The molecule has 0 aromatic rings. The van der Waals surface area contributed by atoms with E-state index in [0.717, 1.165) is 0 Å². The third-order valence-corrected chi connectivity index (χ3v) is 1.48. The molecule has 7 heteroatoms. The van der Waals surface area contributed by atoms with Gasteiger partial charge in [0.1, 0.15) is 6.04 Å². The van der Waals surface area contributed by atoms with Crippen molar-refractivity contribution in [2.24, 2.45) is 0 Å². The van der Waals surface area contributed by atoms with Crippen LogP contribution >= 0.6 is 0 Å². The van der Waals surface area contributed by atoms with Crippen LogP contribution in [0.4, 0.5) is 0 Å². The molecule has 0 unspecified atom stereocenters. The van der Waals surface area contributed by atoms with Gasteiger partial charge in [-0.15, -0.1) is 0 Å². The first-order valence-corrected chi connectivity index (χ1v) is 3.94. The zero-order valence-corrected chi connectivity index (χ0v) is 7.45. The monoisotopic (exact) mass is 203 g/mol. The molecule has 0 fully saturated rings. The van der Waals surface area contributed by atoms with E-state index in [-0.39, 0.29) is 12.8 Å². The maximum absolute atomic E-state index is 10.8. The van der Waals surface area contributed by atoms with Crippen molar-refractivity contribution in [2.75, 3.05) is 6.54 Å². The number of rotatable bonds is 6. The molecule has 0 saturated carbocycles. The Morgan fingerprint density at radius 2 is 1.86 bits per heavy atom. The van der Waals surface area contributed by atoms with Crippen LogP contribution in [0.2, 0.25) is 0 Å². The highest BCUT2D eigenvalue weighted by Crippen LogP contribution is 1.91. The van der Waals surface area contributed by atoms with E-state index in [4.69, 9.17) is 0 Å². The van der Waals surface area contributed by atoms with E-state index in [0.29, 0.717) is 0 Å². The van der Waals surface area contributed by atoms with Crippen LogP contribution in [0.3, 0.4) is 0 Å². The van der Waals surface area contributed by atoms with Gasteiger partial charge in [0, 0.05) is 12.8 Å². The number of carbonyl (C=O) groups excluding carboxylic acids is 3. The molecule has 0 bridgehead atoms. The van der Waals surface area contributed by atoms with E-state index in [9.17, 15) is 24.6 Å². The molecule has 4 N–H and O–H groups in total. The molecule has 1 atom stereocenters. The fourth-order valence-corrected chi connectivity index (χ4v) is 0.682. The Labute approximate surface area is 79.9 Å². The van der Waals surface area contributed by atoms with Crippen molar-refractivity contribution in [1.29, 1.82) is 0 Å². The summed E-state index contributed by atoms with van der Waals surface area (Å²) in [5.41, 5.74) is 3.23. The van der Waals surface area contributed by atoms with Gasteiger partial charge >= 0.3 is 0 Å². The molecule has 0 aliphatic rings. The molecule has 0 aromatic carbocycles. The fourth-order valence-electron chi connectivity index (χ4n) is 0.682. The summed E-state index contributed by atoms with van der Waals surface area (Å²) in [6, 6.07) is -0.969. The Hall–Kier alpha value is -1.63. The van der Waals surface area contributed by atoms with Crippen molar-refractivity contribution >= 4 is 17.8 Å². The van der Waals surface area contributed by atoms with E-state index >= 15 is 0 Å². The Balaban J connectivity index is 3.64. The predicted molar refractivity (Wildman–Crippen MR) is 38.9 cm³/mol. The van der Waals surface area contributed by atoms with E-state index in [1.165, 1.54) is 0 Å². The van der Waals surface area contributed by atoms with E-state index < -0.39 is 30.4 Å². The Morgan fingerprint density at radius 1 is 1.29 bits per heavy atom. The molecule has 7 nitrogen and oxygen atoms in total. The lowest BCUT2D eigenvalue weighted by molar-refractivity contribution is -0.438. The summed E-state index contributed by atoms with van der Waals surface area (Å²) in [4.78, 5) is 30.9. The maximum Gasteiger partial charge on any atom is 0.220 e. The standard InChI is InChI=1S/C7H12N2O5/c8-4(7(13)14)1-2-5(10)9-3-6(11)12/h4H,1-3,8H2,(H,9,10)(H,11,12)(H,13,14)/p-1/t4-/m1/s1. The first-order chi connectivity index (χ1) is 6.43. The van der Waals surface area contributed by atoms with Crippen LogP contribution < -0.4 is 21.3 Å². The predicted octanol–water partition coefficient (Wildman–Crippen LogP) is -5.01. The zero-order chi connectivity index (χ0) is 11.1. The van der Waals surface area contributed by atoms with Gasteiger partial charge in [0.2, 0.25) is 5.91 Å². The Kier molecular flexibility index (Phi) is 5.23. The largest absolute Gasteiger partial charge is 0.548 e. The van der Waals surface area contributed by atoms with Crippen LogP contribution in [-0.2, 0) is 14.4 Å². The molecule has 0 aromatic heterocycles. The van der Waals surface area contributed by atoms with Gasteiger partial charge < -0.3 is 30.9 Å². The molecule has 0 aliphatic carbocycles. The van der Waals surface area contributed by atoms with Crippen LogP contribution in [0.15, 0.2) is 0 Å². The van der Waals surface area contributed by atoms with Crippen molar-refractivity contribution in [3.63, 3.8) is 0 Å². The average Bonchev–Trinajstić information content (AvgIpc) is 2.10. The van der Waals surface area contributed by atoms with Crippen LogP contribution in [0, 0.1) is 0 Å². The summed E-state index contributed by atoms with van der Waals surface area (Å²) in [6.45, 7) is -0.577. The minimum absolute atomic E-state index is 0.0151. The van der Waals surface area contributed by atoms with Crippen molar-refractivity contribution in [3.8, 4) is 0 Å². The number of nitrogens with one attached hydrogen (secondary N) is 1. The number of quaternary nitrogens is 1. The molecule has 0 heterocycles. The SMILES string of the molecule is [NH3+][C@H](CCC(=O)NCC(=O)[O-])C(=O)[O-]. The summed E-state index contributed by atoms with van der Waals surface area (Å²) in [6.07, 6.45) is -0.0867. The maximum atomic E-state index is 10.8. The van der Waals surface area contributed by atoms with Crippen LogP contribution in [0.5, 0.6) is 0 Å². The van der Waals surface area contributed by atoms with E-state index in [1.807, 2.05) is 5.32 Å². The fraction of sp³-hybridized carbons (Fsp3) is 0.571. The van der Waals surface area contributed by atoms with Gasteiger partial charge in [0.25, 0.3) is 0 Å². The summed E-state index contributed by atoms with van der Waals surface area (Å²) >= 11 is 0. The van der Waals surface area contributed by atoms with Crippen LogP contribution in [0.1, 0.15) is 12.8 Å². The zero-order valence-electron chi connectivity index (χ0n) is 7.45. The summed E-state index contributed by atoms with van der Waals surface area (Å²) in [5.74, 6) is -3.29. The molecule has 0 spiro atoms. The number of carbonyl (C=O) groups is 3. The molecule has 1 amide bonds. The summed E-state index contributed by atoms with van der Waals surface area (Å²) < 4.78 is 0. The number of hydrogen-bond acceptors (Lipinski definition) is 5. The molecular formula is C7H11N2O5-. The number of carboxylic acid groups (broad SMARTS) is 2. The summed E-state index contributed by atoms with van der Waals surface area (Å²) in [7, 11) is 0. The Bertz CT molecular complexity index is 240. The Morgan fingerprint density at radius 3 is 2.29 bits per heavy atom. The first kappa shape index (κ1) is 12.4. The third kappa shape index (κ3) is 5.95. The molecule has 0 saturated heterocycles. The van der Waals surface area contributed by atoms with Crippen molar-refractivity contribution in [3.05, 3.63) is 0 Å². The van der Waals surface area contributed by atoms with E-state index in [2.05, 4.69) is 5.73 Å². The highest BCUT2D eigenvalue weighted by atomic mass is 16.4. The third-order valence-electron chi connectivity index (χ3n) is 1.48. The van der Waals surface area contributed by atoms with Gasteiger partial charge in [-0.05, 0) is 0 Å². The van der Waals surface area contributed by atoms with Crippen LogP contribution in [0.25, 0.3) is 0 Å². The molecule has 80 valence electrons. The van der Waals surface area contributed by atoms with Gasteiger partial charge in [0.15, 0.2) is 0 Å². The van der Waals surface area contributed by atoms with Gasteiger partial charge in [-0.3, -0.25) is 4.79 Å². The second-order valence-electron chi connectivity index (χ2n) is 2.70. The highest BCUT2D eigenvalue weighted by Gasteiger charge is 2.09. The van der Waals surface area contributed by atoms with Gasteiger partial charge in [-0.2, -0.15) is 0 Å². The van der Waals surface area contributed by atoms with E-state index in [1.54, 1.807) is 0 Å². The van der Waals surface area contributed by atoms with Crippen molar-refractivity contribution < 1.29 is 30.3 Å². The quantitative estimate of drug-likeness (QED) is 0.445. The minimum Gasteiger partial charge on any atom is -0.548 e. The number of carboxylic acids is 2. The van der Waals surface area contributed by atoms with Gasteiger partial charge in [0.05, 0.1) is 18.5 Å². The number of aliphatic carboxylic acids is 2. The lowest BCUT2D eigenvalue weighted by atomic mass is 10.1.